The zero-order valence-electron chi connectivity index (χ0n) is 4.21. The molecule has 0 aromatic carbocycles. The molecule has 0 aliphatic carbocycles. The highest BCUT2D eigenvalue weighted by Gasteiger charge is 1.84. The Morgan fingerprint density at radius 3 is 1.57 bits per heavy atom. The summed E-state index contributed by atoms with van der Waals surface area (Å²) in [4.78, 5) is 0. The second-order valence-electron chi connectivity index (χ2n) is 0.537. The van der Waals surface area contributed by atoms with Crippen molar-refractivity contribution in [3.63, 3.8) is 0 Å². The van der Waals surface area contributed by atoms with Crippen LogP contribution in [0, 0.1) is 0 Å². The van der Waals surface area contributed by atoms with Crippen LogP contribution in [-0.2, 0) is 19.7 Å². The molecular formula is C2H6BO3S. The molecule has 0 aliphatic rings. The first-order valence-electron chi connectivity index (χ1n) is 1.32. The third-order valence-corrected chi connectivity index (χ3v) is 0.816. The van der Waals surface area contributed by atoms with Crippen molar-refractivity contribution in [3.05, 3.63) is 0 Å². The molecule has 0 N–H and O–H groups in total. The van der Waals surface area contributed by atoms with Crippen LogP contribution in [0.4, 0.5) is 0 Å². The lowest BCUT2D eigenvalue weighted by molar-refractivity contribution is 0.334. The first kappa shape index (κ1) is 10.2. The maximum atomic E-state index is 9.85. The van der Waals surface area contributed by atoms with Gasteiger partial charge in [-0.05, 0) is 0 Å². The molecule has 7 heavy (non-hydrogen) atoms. The zero-order valence-corrected chi connectivity index (χ0v) is 5.03. The molecule has 3 radical (unpaired) electrons. The first-order valence-corrected chi connectivity index (χ1v) is 2.32. The fraction of sp³-hybridized carbons (Fsp3) is 1.00. The van der Waals surface area contributed by atoms with Gasteiger partial charge in [0.05, 0.1) is 14.2 Å². The monoisotopic (exact) mass is 121 g/mol. The van der Waals surface area contributed by atoms with Crippen LogP contribution in [0.2, 0.25) is 0 Å². The normalized spacial score (nSPS) is 8.43. The highest BCUT2D eigenvalue weighted by molar-refractivity contribution is 7.75. The summed E-state index contributed by atoms with van der Waals surface area (Å²) in [5.41, 5.74) is 0. The molecule has 0 aromatic rings. The van der Waals surface area contributed by atoms with E-state index in [9.17, 15) is 4.21 Å². The van der Waals surface area contributed by atoms with E-state index in [-0.39, 0.29) is 8.41 Å². The van der Waals surface area contributed by atoms with Gasteiger partial charge in [0.2, 0.25) is 0 Å². The third kappa shape index (κ3) is 6.13. The van der Waals surface area contributed by atoms with E-state index in [0.717, 1.165) is 0 Å². The average molecular weight is 121 g/mol. The Hall–Kier alpha value is 0.135. The van der Waals surface area contributed by atoms with Crippen molar-refractivity contribution in [2.75, 3.05) is 14.2 Å². The van der Waals surface area contributed by atoms with Crippen LogP contribution in [0.15, 0.2) is 0 Å². The van der Waals surface area contributed by atoms with E-state index in [1.54, 1.807) is 0 Å². The van der Waals surface area contributed by atoms with Crippen LogP contribution in [-0.4, -0.2) is 26.8 Å². The molecule has 0 heterocycles. The van der Waals surface area contributed by atoms with Gasteiger partial charge in [0.15, 0.2) is 0 Å². The number of hydrogen-bond donors (Lipinski definition) is 0. The molecular weight excluding hydrogens is 115 g/mol. The van der Waals surface area contributed by atoms with Gasteiger partial charge in [0.25, 0.3) is 0 Å². The SMILES string of the molecule is COS(=O)OC.[B]. The molecule has 0 fully saturated rings. The Morgan fingerprint density at radius 1 is 1.29 bits per heavy atom. The standard InChI is InChI=1S/C2H6O3S.B/c1-4-6(3)5-2;/h1-2H3;. The second-order valence-corrected chi connectivity index (χ2v) is 1.61. The highest BCUT2D eigenvalue weighted by atomic mass is 32.2. The van der Waals surface area contributed by atoms with Crippen molar-refractivity contribution in [1.82, 2.24) is 0 Å². The molecule has 0 saturated heterocycles. The maximum absolute atomic E-state index is 9.85. The zero-order chi connectivity index (χ0) is 4.99. The fourth-order valence-electron chi connectivity index (χ4n) is 0.0680. The molecule has 0 aromatic heterocycles. The lowest BCUT2D eigenvalue weighted by atomic mass is 10.8. The van der Waals surface area contributed by atoms with E-state index in [2.05, 4.69) is 8.37 Å². The van der Waals surface area contributed by atoms with Crippen LogP contribution in [0.1, 0.15) is 0 Å². The van der Waals surface area contributed by atoms with Gasteiger partial charge >= 0.3 is 11.4 Å². The Balaban J connectivity index is 0. The Labute approximate surface area is 47.4 Å². The summed E-state index contributed by atoms with van der Waals surface area (Å²) >= 11 is -1.53. The number of hydrogen-bond acceptors (Lipinski definition) is 3. The van der Waals surface area contributed by atoms with Crippen molar-refractivity contribution in [2.24, 2.45) is 0 Å². The molecule has 0 unspecified atom stereocenters. The summed E-state index contributed by atoms with van der Waals surface area (Å²) in [5, 5.41) is 0. The van der Waals surface area contributed by atoms with Crippen LogP contribution in [0.5, 0.6) is 0 Å². The van der Waals surface area contributed by atoms with Gasteiger partial charge in [-0.1, -0.05) is 0 Å². The molecule has 0 bridgehead atoms. The van der Waals surface area contributed by atoms with Gasteiger partial charge in [-0.3, -0.25) is 8.37 Å². The van der Waals surface area contributed by atoms with E-state index in [1.807, 2.05) is 0 Å². The van der Waals surface area contributed by atoms with Crippen LogP contribution in [0.25, 0.3) is 0 Å². The van der Waals surface area contributed by atoms with Crippen molar-refractivity contribution >= 4 is 19.8 Å². The topological polar surface area (TPSA) is 35.5 Å². The maximum Gasteiger partial charge on any atom is 0.304 e. The van der Waals surface area contributed by atoms with Crippen LogP contribution < -0.4 is 0 Å². The lowest BCUT2D eigenvalue weighted by Gasteiger charge is -1.86. The van der Waals surface area contributed by atoms with Gasteiger partial charge in [0.1, 0.15) is 0 Å². The molecule has 0 rings (SSSR count). The molecule has 0 amide bonds. The van der Waals surface area contributed by atoms with Gasteiger partial charge in [-0.15, -0.1) is 0 Å². The summed E-state index contributed by atoms with van der Waals surface area (Å²) in [6.07, 6.45) is 0. The van der Waals surface area contributed by atoms with Gasteiger partial charge < -0.3 is 0 Å². The smallest absolute Gasteiger partial charge is 0.272 e. The molecule has 41 valence electrons. The number of rotatable bonds is 2. The molecule has 0 saturated carbocycles. The summed E-state index contributed by atoms with van der Waals surface area (Å²) in [6, 6.07) is 0. The summed E-state index contributed by atoms with van der Waals surface area (Å²) < 4.78 is 18.1. The fourth-order valence-corrected chi connectivity index (χ4v) is 0.204. The van der Waals surface area contributed by atoms with E-state index < -0.39 is 11.4 Å². The molecule has 0 aliphatic heterocycles. The van der Waals surface area contributed by atoms with Crippen molar-refractivity contribution < 1.29 is 12.6 Å². The minimum Gasteiger partial charge on any atom is -0.272 e. The van der Waals surface area contributed by atoms with E-state index in [1.165, 1.54) is 14.2 Å². The Bertz CT molecular complexity index is 50.9. The van der Waals surface area contributed by atoms with E-state index in [4.69, 9.17) is 0 Å². The van der Waals surface area contributed by atoms with Crippen molar-refractivity contribution in [3.8, 4) is 0 Å². The predicted molar refractivity (Wildman–Crippen MR) is 27.9 cm³/mol. The minimum absolute atomic E-state index is 0. The average Bonchev–Trinajstić information content (AvgIpc) is 1.65. The van der Waals surface area contributed by atoms with Gasteiger partial charge in [-0.2, -0.15) is 4.21 Å². The van der Waals surface area contributed by atoms with Crippen LogP contribution in [0.3, 0.4) is 0 Å². The van der Waals surface area contributed by atoms with Gasteiger partial charge in [0, 0.05) is 8.41 Å². The predicted octanol–water partition coefficient (Wildman–Crippen LogP) is -0.523. The largest absolute Gasteiger partial charge is 0.304 e. The van der Waals surface area contributed by atoms with Crippen LogP contribution >= 0.6 is 0 Å². The Morgan fingerprint density at radius 2 is 1.57 bits per heavy atom. The first-order chi connectivity index (χ1) is 2.81. The van der Waals surface area contributed by atoms with Crippen molar-refractivity contribution in [1.29, 1.82) is 0 Å². The second kappa shape index (κ2) is 6.13. The van der Waals surface area contributed by atoms with E-state index >= 15 is 0 Å². The van der Waals surface area contributed by atoms with Gasteiger partial charge in [-0.25, -0.2) is 0 Å². The molecule has 0 atom stereocenters. The minimum atomic E-state index is -1.53. The third-order valence-electron chi connectivity index (χ3n) is 0.272. The molecule has 3 nitrogen and oxygen atoms in total. The van der Waals surface area contributed by atoms with Crippen molar-refractivity contribution in [2.45, 2.75) is 0 Å². The van der Waals surface area contributed by atoms with E-state index in [0.29, 0.717) is 0 Å². The molecule has 0 spiro atoms. The molecule has 5 heteroatoms. The summed E-state index contributed by atoms with van der Waals surface area (Å²) in [5.74, 6) is 0. The summed E-state index contributed by atoms with van der Waals surface area (Å²) in [6.45, 7) is 0. The summed E-state index contributed by atoms with van der Waals surface area (Å²) in [7, 11) is 2.61. The highest BCUT2D eigenvalue weighted by Crippen LogP contribution is 1.76. The quantitative estimate of drug-likeness (QED) is 0.461. The lowest BCUT2D eigenvalue weighted by Crippen LogP contribution is -1.91. The Kier molecular flexibility index (Phi) is 8.93.